The number of aliphatic hydroxyl groups excluding tert-OH is 1. The number of piperidine rings is 1. The van der Waals surface area contributed by atoms with Crippen molar-refractivity contribution in [2.75, 3.05) is 70.5 Å². The Morgan fingerprint density at radius 3 is 2.47 bits per heavy atom. The summed E-state index contributed by atoms with van der Waals surface area (Å²) < 4.78 is 30.5. The summed E-state index contributed by atoms with van der Waals surface area (Å²) in [6.45, 7) is 13.9. The van der Waals surface area contributed by atoms with Gasteiger partial charge in [-0.25, -0.2) is 4.98 Å². The molecule has 20 nitrogen and oxygen atoms in total. The standard InChI is InChI=1S/C55H69N11O9/c1-34(2)50(53(70)65-30-39(67)24-44(65)52(69)59-35(3)37-11-9-36(29-56)10-12-37)47-27-49(61-75-47)72-22-21-63-17-14-40(15-18-63)73-41-25-42(26-41)74-48-23-38(13-16-58-48)66-20-19-64(31-55(66)32-71-33-55)45-28-54(4,62-60-51(45)57)43-7-5-6-8-46(43)68/h5-13,16,23,27,34-35,39-42,44,50,67-68H,14-15,17-22,24-26,28,30-33,57H2,1-4H3,(H,59,69)/t35-,39+,41?,42?,44-,50+,54?/m0/s1. The van der Waals surface area contributed by atoms with Crippen molar-refractivity contribution < 1.29 is 43.3 Å². The first-order valence-electron chi connectivity index (χ1n) is 26.4. The minimum atomic E-state index is -0.856. The number of phenolic OH excluding ortho intramolecular Hbond substituents is 1. The van der Waals surface area contributed by atoms with E-state index in [1.165, 1.54) is 4.90 Å². The van der Waals surface area contributed by atoms with Crippen molar-refractivity contribution in [2.45, 2.75) is 120 Å². The van der Waals surface area contributed by atoms with Crippen LogP contribution in [0.3, 0.4) is 0 Å². The maximum Gasteiger partial charge on any atom is 0.254 e. The number of aromatic hydroxyl groups is 1. The molecule has 2 aromatic carbocycles. The van der Waals surface area contributed by atoms with Crippen LogP contribution in [0.25, 0.3) is 0 Å². The van der Waals surface area contributed by atoms with Gasteiger partial charge >= 0.3 is 0 Å². The molecule has 1 aliphatic carbocycles. The minimum Gasteiger partial charge on any atom is -0.508 e. The van der Waals surface area contributed by atoms with Gasteiger partial charge in [0.05, 0.1) is 54.9 Å². The molecule has 398 valence electrons. The number of phenols is 1. The Bertz CT molecular complexity index is 2780. The average Bonchev–Trinajstić information content (AvgIpc) is 4.03. The van der Waals surface area contributed by atoms with Crippen molar-refractivity contribution in [3.8, 4) is 23.6 Å². The lowest BCUT2D eigenvalue weighted by atomic mass is 9.85. The third-order valence-corrected chi connectivity index (χ3v) is 15.9. The van der Waals surface area contributed by atoms with E-state index in [-0.39, 0.29) is 72.2 Å². The number of aliphatic hydroxyl groups is 1. The van der Waals surface area contributed by atoms with Gasteiger partial charge in [0.25, 0.3) is 5.88 Å². The van der Waals surface area contributed by atoms with Crippen LogP contribution in [0.4, 0.5) is 5.69 Å². The van der Waals surface area contributed by atoms with E-state index in [2.05, 4.69) is 46.5 Å². The van der Waals surface area contributed by atoms with Gasteiger partial charge in [0.2, 0.25) is 17.7 Å². The van der Waals surface area contributed by atoms with Gasteiger partial charge in [-0.1, -0.05) is 44.2 Å². The molecule has 5 atom stereocenters. The molecule has 7 heterocycles. The molecule has 20 heteroatoms. The lowest BCUT2D eigenvalue weighted by molar-refractivity contribution is -0.141. The molecular weight excluding hydrogens is 959 g/mol. The lowest BCUT2D eigenvalue weighted by Gasteiger charge is -2.57. The predicted molar refractivity (Wildman–Crippen MR) is 274 cm³/mol. The van der Waals surface area contributed by atoms with Crippen molar-refractivity contribution in [3.63, 3.8) is 0 Å². The van der Waals surface area contributed by atoms with Crippen LogP contribution in [-0.4, -0.2) is 148 Å². The van der Waals surface area contributed by atoms with Gasteiger partial charge in [-0.3, -0.25) is 14.5 Å². The van der Waals surface area contributed by atoms with Crippen LogP contribution in [0, 0.1) is 17.2 Å². The molecule has 2 aromatic heterocycles. The molecule has 4 saturated heterocycles. The Morgan fingerprint density at radius 1 is 0.973 bits per heavy atom. The highest BCUT2D eigenvalue weighted by Gasteiger charge is 2.50. The monoisotopic (exact) mass is 1030 g/mol. The summed E-state index contributed by atoms with van der Waals surface area (Å²) in [7, 11) is 0. The minimum absolute atomic E-state index is 0.0278. The maximum atomic E-state index is 14.1. The van der Waals surface area contributed by atoms with Gasteiger partial charge in [0.1, 0.15) is 41.5 Å². The number of ether oxygens (including phenoxy) is 4. The quantitative estimate of drug-likeness (QED) is 0.102. The fourth-order valence-corrected chi connectivity index (χ4v) is 11.5. The predicted octanol–water partition coefficient (Wildman–Crippen LogP) is 5.49. The van der Waals surface area contributed by atoms with Crippen LogP contribution < -0.4 is 25.4 Å². The first-order chi connectivity index (χ1) is 36.2. The summed E-state index contributed by atoms with van der Waals surface area (Å²) in [6.07, 6.45) is 5.41. The highest BCUT2D eigenvalue weighted by molar-refractivity contribution is 5.91. The van der Waals surface area contributed by atoms with Crippen LogP contribution in [0.15, 0.2) is 99.2 Å². The number of rotatable bonds is 17. The topological polar surface area (TPSA) is 250 Å². The number of amides is 2. The second-order valence-corrected chi connectivity index (χ2v) is 21.7. The number of likely N-dealkylation sites (tertiary alicyclic amines) is 2. The van der Waals surface area contributed by atoms with E-state index in [1.807, 2.05) is 58.2 Å². The Balaban J connectivity index is 0.646. The van der Waals surface area contributed by atoms with Gasteiger partial charge < -0.3 is 59.4 Å². The van der Waals surface area contributed by atoms with E-state index in [4.69, 9.17) is 34.5 Å². The SMILES string of the molecule is CC(C)[C@@H](C(=O)N1C[C@H](O)C[C@H]1C(=O)N[C@@H](C)c1ccc(C#N)cc1)c1cc(OCCN2CCC(OC3CC(Oc4cc(N5CCN(C6=C(N)N=NC(C)(c7ccccc7O)C6)CC56COC6)ccn4)C3)CC2)no1. The number of carbonyl (C=O) groups is 2. The van der Waals surface area contributed by atoms with Gasteiger partial charge in [0, 0.05) is 101 Å². The number of β-amino-alcohol motifs (C(OH)–C–C–N with tert-alkyl or cyclic N) is 1. The molecule has 5 aliphatic heterocycles. The smallest absolute Gasteiger partial charge is 0.254 e. The van der Waals surface area contributed by atoms with Crippen molar-refractivity contribution in [3.05, 3.63) is 107 Å². The number of nitrogens with two attached hydrogens (primary N) is 1. The molecule has 75 heavy (non-hydrogen) atoms. The van der Waals surface area contributed by atoms with Gasteiger partial charge in [0.15, 0.2) is 11.6 Å². The fraction of sp³-hybridized carbons (Fsp3) is 0.545. The maximum absolute atomic E-state index is 14.1. The highest BCUT2D eigenvalue weighted by atomic mass is 16.5. The van der Waals surface area contributed by atoms with Crippen molar-refractivity contribution in [2.24, 2.45) is 21.9 Å². The van der Waals surface area contributed by atoms with E-state index >= 15 is 0 Å². The number of carbonyl (C=O) groups excluding carboxylic acids is 2. The first-order valence-corrected chi connectivity index (χ1v) is 26.4. The number of nitrogens with zero attached hydrogens (tertiary/aromatic N) is 9. The summed E-state index contributed by atoms with van der Waals surface area (Å²) in [5, 5.41) is 46.5. The van der Waals surface area contributed by atoms with E-state index in [0.29, 0.717) is 62.4 Å². The molecule has 1 spiro atoms. The Kier molecular flexibility index (Phi) is 15.0. The van der Waals surface area contributed by atoms with Crippen molar-refractivity contribution in [1.82, 2.24) is 30.2 Å². The van der Waals surface area contributed by atoms with E-state index in [0.717, 1.165) is 74.4 Å². The summed E-state index contributed by atoms with van der Waals surface area (Å²) in [6, 6.07) is 20.8. The zero-order valence-corrected chi connectivity index (χ0v) is 43.2. The normalized spacial score (nSPS) is 25.6. The Labute approximate surface area is 437 Å². The van der Waals surface area contributed by atoms with E-state index in [1.54, 1.807) is 42.5 Å². The number of anilines is 1. The van der Waals surface area contributed by atoms with Gasteiger partial charge in [-0.05, 0) is 67.6 Å². The molecule has 2 amide bonds. The van der Waals surface area contributed by atoms with Crippen molar-refractivity contribution >= 4 is 17.5 Å². The molecular formula is C55H69N11O9. The number of aromatic nitrogens is 2. The highest BCUT2D eigenvalue weighted by Crippen LogP contribution is 2.44. The molecule has 1 saturated carbocycles. The molecule has 6 aliphatic rings. The van der Waals surface area contributed by atoms with Crippen LogP contribution in [0.1, 0.15) is 101 Å². The number of nitrogens with one attached hydrogen (secondary N) is 1. The van der Waals surface area contributed by atoms with Crippen LogP contribution in [0.5, 0.6) is 17.5 Å². The first kappa shape index (κ1) is 51.7. The van der Waals surface area contributed by atoms with Crippen molar-refractivity contribution in [1.29, 1.82) is 5.26 Å². The number of azo groups is 1. The number of nitriles is 1. The van der Waals surface area contributed by atoms with Crippen LogP contribution in [-0.2, 0) is 24.6 Å². The average molecular weight is 1030 g/mol. The molecule has 4 aromatic rings. The largest absolute Gasteiger partial charge is 0.508 e. The number of hydrogen-bond donors (Lipinski definition) is 4. The second-order valence-electron chi connectivity index (χ2n) is 21.7. The van der Waals surface area contributed by atoms with Crippen LogP contribution >= 0.6 is 0 Å². The number of hydrogen-bond acceptors (Lipinski definition) is 18. The van der Waals surface area contributed by atoms with E-state index < -0.39 is 23.6 Å². The fourth-order valence-electron chi connectivity index (χ4n) is 11.5. The lowest BCUT2D eigenvalue weighted by Crippen LogP contribution is -2.71. The molecule has 5 N–H and O–H groups in total. The Morgan fingerprint density at radius 2 is 1.75 bits per heavy atom. The second kappa shape index (κ2) is 21.8. The molecule has 0 bridgehead atoms. The summed E-state index contributed by atoms with van der Waals surface area (Å²) in [5.74, 6) is 0.220. The third-order valence-electron chi connectivity index (χ3n) is 15.9. The van der Waals surface area contributed by atoms with Gasteiger partial charge in [-0.15, -0.1) is 5.11 Å². The number of piperazine rings is 1. The number of benzene rings is 2. The van der Waals surface area contributed by atoms with E-state index in [9.17, 15) is 19.8 Å². The molecule has 1 unspecified atom stereocenters. The molecule has 5 fully saturated rings. The third kappa shape index (κ3) is 11.1. The number of para-hydroxylation sites is 1. The zero-order valence-electron chi connectivity index (χ0n) is 43.2. The summed E-state index contributed by atoms with van der Waals surface area (Å²) in [4.78, 5) is 40.8. The molecule has 10 rings (SSSR count). The van der Waals surface area contributed by atoms with Crippen LogP contribution in [0.2, 0.25) is 0 Å². The Hall–Kier alpha value is -6.79. The molecule has 0 radical (unpaired) electrons. The number of pyridine rings is 1. The summed E-state index contributed by atoms with van der Waals surface area (Å²) in [5.41, 5.74) is 9.53. The van der Waals surface area contributed by atoms with Gasteiger partial charge in [-0.2, -0.15) is 10.4 Å². The zero-order chi connectivity index (χ0) is 52.4. The summed E-state index contributed by atoms with van der Waals surface area (Å²) >= 11 is 0.